The molecule has 140 valence electrons. The smallest absolute Gasteiger partial charge is 0.255 e. The van der Waals surface area contributed by atoms with Gasteiger partial charge in [-0.2, -0.15) is 0 Å². The first-order chi connectivity index (χ1) is 12.9. The minimum absolute atomic E-state index is 0.248. The van der Waals surface area contributed by atoms with Gasteiger partial charge in [0, 0.05) is 37.0 Å². The van der Waals surface area contributed by atoms with Gasteiger partial charge < -0.3 is 9.88 Å². The largest absolute Gasteiger partial charge is 0.322 e. The third kappa shape index (κ3) is 3.53. The number of pyridine rings is 1. The van der Waals surface area contributed by atoms with Crippen molar-refractivity contribution in [2.45, 2.75) is 31.6 Å². The van der Waals surface area contributed by atoms with Crippen LogP contribution in [0.25, 0.3) is 0 Å². The lowest BCUT2D eigenvalue weighted by atomic mass is 9.72. The summed E-state index contributed by atoms with van der Waals surface area (Å²) in [5, 5.41) is 5.16. The Morgan fingerprint density at radius 3 is 2.48 bits per heavy atom. The van der Waals surface area contributed by atoms with Crippen molar-refractivity contribution in [1.82, 2.24) is 9.88 Å². The number of hydrogen-bond donors (Lipinski definition) is 2. The zero-order valence-electron chi connectivity index (χ0n) is 15.2. The molecule has 1 aromatic heterocycles. The van der Waals surface area contributed by atoms with E-state index in [1.807, 2.05) is 6.92 Å². The molecule has 0 aliphatic carbocycles. The quantitative estimate of drug-likeness (QED) is 0.804. The first kappa shape index (κ1) is 18.6. The Kier molecular flexibility index (Phi) is 4.94. The summed E-state index contributed by atoms with van der Waals surface area (Å²) in [5.74, 6) is -0.910. The Morgan fingerprint density at radius 1 is 1.19 bits per heavy atom. The van der Waals surface area contributed by atoms with Crippen molar-refractivity contribution < 1.29 is 14.4 Å². The number of carbonyl (C=O) groups excluding carboxylic acids is 3. The second-order valence-corrected chi connectivity index (χ2v) is 6.71. The predicted octanol–water partition coefficient (Wildman–Crippen LogP) is 1.72. The summed E-state index contributed by atoms with van der Waals surface area (Å²) in [6.07, 6.45) is 2.88. The number of amides is 3. The number of carbonyl (C=O) groups is 3. The minimum Gasteiger partial charge on any atom is -0.322 e. The van der Waals surface area contributed by atoms with E-state index in [4.69, 9.17) is 0 Å². The molecule has 0 radical (unpaired) electrons. The highest BCUT2D eigenvalue weighted by Gasteiger charge is 2.42. The molecular weight excluding hydrogens is 346 g/mol. The van der Waals surface area contributed by atoms with Crippen molar-refractivity contribution >= 4 is 23.4 Å². The molecule has 0 spiro atoms. The van der Waals surface area contributed by atoms with Gasteiger partial charge in [-0.05, 0) is 36.6 Å². The molecular formula is C20H21N3O4. The number of rotatable bonds is 4. The van der Waals surface area contributed by atoms with E-state index >= 15 is 0 Å². The molecule has 0 unspecified atom stereocenters. The second-order valence-electron chi connectivity index (χ2n) is 6.71. The van der Waals surface area contributed by atoms with Crippen molar-refractivity contribution in [3.63, 3.8) is 0 Å². The fourth-order valence-corrected chi connectivity index (χ4v) is 3.33. The molecule has 1 saturated heterocycles. The number of anilines is 1. The Labute approximate surface area is 156 Å². The van der Waals surface area contributed by atoms with E-state index in [2.05, 4.69) is 10.6 Å². The molecule has 7 nitrogen and oxygen atoms in total. The van der Waals surface area contributed by atoms with Crippen LogP contribution in [-0.4, -0.2) is 22.3 Å². The lowest BCUT2D eigenvalue weighted by Gasteiger charge is -2.35. The summed E-state index contributed by atoms with van der Waals surface area (Å²) >= 11 is 0. The van der Waals surface area contributed by atoms with E-state index in [0.717, 1.165) is 5.56 Å². The van der Waals surface area contributed by atoms with Crippen LogP contribution >= 0.6 is 0 Å². The summed E-state index contributed by atoms with van der Waals surface area (Å²) in [7, 11) is 1.61. The van der Waals surface area contributed by atoms with E-state index in [-0.39, 0.29) is 28.8 Å². The summed E-state index contributed by atoms with van der Waals surface area (Å²) in [4.78, 5) is 47.9. The monoisotopic (exact) mass is 367 g/mol. The van der Waals surface area contributed by atoms with E-state index < -0.39 is 5.41 Å². The third-order valence-corrected chi connectivity index (χ3v) is 5.13. The van der Waals surface area contributed by atoms with Crippen LogP contribution in [0.4, 0.5) is 5.69 Å². The molecule has 2 heterocycles. The van der Waals surface area contributed by atoms with E-state index in [9.17, 15) is 19.2 Å². The number of aryl methyl sites for hydroxylation is 1. The van der Waals surface area contributed by atoms with Gasteiger partial charge in [0.15, 0.2) is 0 Å². The fourth-order valence-electron chi connectivity index (χ4n) is 3.33. The number of nitrogens with one attached hydrogen (secondary N) is 2. The van der Waals surface area contributed by atoms with Gasteiger partial charge in [-0.1, -0.05) is 19.1 Å². The molecule has 2 aromatic rings. The SMILES string of the molecule is CC[C@@]1(c2ccc(NC(=O)c3ccn(C)c(=O)c3)cc2)CCC(=O)NC1=O. The second kappa shape index (κ2) is 7.19. The van der Waals surface area contributed by atoms with Crippen LogP contribution in [0, 0.1) is 0 Å². The number of benzene rings is 1. The summed E-state index contributed by atoms with van der Waals surface area (Å²) in [6.45, 7) is 1.92. The van der Waals surface area contributed by atoms with Crippen molar-refractivity contribution in [3.8, 4) is 0 Å². The van der Waals surface area contributed by atoms with Gasteiger partial charge in [-0.15, -0.1) is 0 Å². The topological polar surface area (TPSA) is 97.3 Å². The van der Waals surface area contributed by atoms with Crippen LogP contribution in [0.2, 0.25) is 0 Å². The van der Waals surface area contributed by atoms with Crippen LogP contribution in [0.1, 0.15) is 42.1 Å². The molecule has 27 heavy (non-hydrogen) atoms. The molecule has 1 atom stereocenters. The molecule has 3 rings (SSSR count). The Bertz CT molecular complexity index is 962. The van der Waals surface area contributed by atoms with Gasteiger partial charge >= 0.3 is 0 Å². The van der Waals surface area contributed by atoms with Crippen molar-refractivity contribution in [1.29, 1.82) is 0 Å². The average Bonchev–Trinajstić information content (AvgIpc) is 2.65. The number of aromatic nitrogens is 1. The molecule has 1 aliphatic rings. The normalized spacial score (nSPS) is 19.5. The Morgan fingerprint density at radius 2 is 1.89 bits per heavy atom. The zero-order valence-corrected chi connectivity index (χ0v) is 15.2. The molecule has 7 heteroatoms. The van der Waals surface area contributed by atoms with E-state index in [1.165, 1.54) is 16.8 Å². The summed E-state index contributed by atoms with van der Waals surface area (Å²) < 4.78 is 1.38. The number of hydrogen-bond acceptors (Lipinski definition) is 4. The van der Waals surface area contributed by atoms with Crippen molar-refractivity contribution in [3.05, 3.63) is 64.1 Å². The van der Waals surface area contributed by atoms with E-state index in [0.29, 0.717) is 24.9 Å². The number of piperidine rings is 1. The number of imide groups is 1. The molecule has 2 N–H and O–H groups in total. The lowest BCUT2D eigenvalue weighted by Crippen LogP contribution is -2.51. The van der Waals surface area contributed by atoms with Crippen LogP contribution < -0.4 is 16.2 Å². The predicted molar refractivity (Wildman–Crippen MR) is 100 cm³/mol. The van der Waals surface area contributed by atoms with E-state index in [1.54, 1.807) is 37.4 Å². The summed E-state index contributed by atoms with van der Waals surface area (Å²) in [6, 6.07) is 9.86. The summed E-state index contributed by atoms with van der Waals surface area (Å²) in [5.41, 5.74) is 0.643. The molecule has 0 bridgehead atoms. The zero-order chi connectivity index (χ0) is 19.6. The highest BCUT2D eigenvalue weighted by molar-refractivity contribution is 6.05. The maximum Gasteiger partial charge on any atom is 0.255 e. The highest BCUT2D eigenvalue weighted by Crippen LogP contribution is 2.36. The maximum atomic E-state index is 12.4. The average molecular weight is 367 g/mol. The standard InChI is InChI=1S/C20H21N3O4/c1-3-20(10-8-16(24)22-19(20)27)14-4-6-15(7-5-14)21-18(26)13-9-11-23(2)17(25)12-13/h4-7,9,11-12H,3,8,10H2,1-2H3,(H,21,26)(H,22,24,27)/t20-/m0/s1. The van der Waals surface area contributed by atoms with Crippen LogP contribution in [0.3, 0.4) is 0 Å². The van der Waals surface area contributed by atoms with Crippen LogP contribution in [0.5, 0.6) is 0 Å². The van der Waals surface area contributed by atoms with Crippen LogP contribution in [0.15, 0.2) is 47.4 Å². The Hall–Kier alpha value is -3.22. The number of nitrogens with zero attached hydrogens (tertiary/aromatic N) is 1. The highest BCUT2D eigenvalue weighted by atomic mass is 16.2. The fraction of sp³-hybridized carbons (Fsp3) is 0.300. The van der Waals surface area contributed by atoms with Gasteiger partial charge in [0.2, 0.25) is 11.8 Å². The molecule has 1 aliphatic heterocycles. The maximum absolute atomic E-state index is 12.4. The van der Waals surface area contributed by atoms with Crippen molar-refractivity contribution in [2.75, 3.05) is 5.32 Å². The van der Waals surface area contributed by atoms with Gasteiger partial charge in [0.1, 0.15) is 0 Å². The molecule has 0 saturated carbocycles. The van der Waals surface area contributed by atoms with Crippen molar-refractivity contribution in [2.24, 2.45) is 7.05 Å². The third-order valence-electron chi connectivity index (χ3n) is 5.13. The Balaban J connectivity index is 1.79. The van der Waals surface area contributed by atoms with Gasteiger partial charge in [-0.25, -0.2) is 0 Å². The lowest BCUT2D eigenvalue weighted by molar-refractivity contribution is -0.138. The molecule has 1 aromatic carbocycles. The molecule has 1 fully saturated rings. The van der Waals surface area contributed by atoms with Gasteiger partial charge in [0.25, 0.3) is 11.5 Å². The first-order valence-electron chi connectivity index (χ1n) is 8.78. The van der Waals surface area contributed by atoms with Gasteiger partial charge in [-0.3, -0.25) is 24.5 Å². The van der Waals surface area contributed by atoms with Crippen LogP contribution in [-0.2, 0) is 22.1 Å². The first-order valence-corrected chi connectivity index (χ1v) is 8.78. The van der Waals surface area contributed by atoms with Gasteiger partial charge in [0.05, 0.1) is 5.41 Å². The minimum atomic E-state index is -0.734. The molecule has 3 amide bonds.